The Morgan fingerprint density at radius 2 is 2.06 bits per heavy atom. The second kappa shape index (κ2) is 6.35. The summed E-state index contributed by atoms with van der Waals surface area (Å²) in [4.78, 5) is 11.3. The summed E-state index contributed by atoms with van der Waals surface area (Å²) in [5.74, 6) is -0.665. The summed E-state index contributed by atoms with van der Waals surface area (Å²) in [6.07, 6.45) is -0.207. The molecule has 0 radical (unpaired) electrons. The number of esters is 1. The van der Waals surface area contributed by atoms with Gasteiger partial charge >= 0.3 is 5.97 Å². The molecule has 0 fully saturated rings. The molecule has 1 aromatic rings. The predicted octanol–water partition coefficient (Wildman–Crippen LogP) is 2.18. The lowest BCUT2D eigenvalue weighted by atomic mass is 10.1. The molecule has 0 saturated carbocycles. The molecule has 0 aliphatic heterocycles. The molecule has 0 spiro atoms. The van der Waals surface area contributed by atoms with Crippen LogP contribution >= 0.6 is 0 Å². The van der Waals surface area contributed by atoms with Gasteiger partial charge in [-0.3, -0.25) is 0 Å². The third kappa shape index (κ3) is 4.33. The van der Waals surface area contributed by atoms with Gasteiger partial charge in [-0.2, -0.15) is 0 Å². The van der Waals surface area contributed by atoms with E-state index in [1.54, 1.807) is 26.8 Å². The first kappa shape index (κ1) is 14.4. The summed E-state index contributed by atoms with van der Waals surface area (Å²) in [5, 5.41) is 0. The molecule has 0 heterocycles. The second-order valence-electron chi connectivity index (χ2n) is 4.30. The van der Waals surface area contributed by atoms with Crippen molar-refractivity contribution in [3.63, 3.8) is 0 Å². The van der Waals surface area contributed by atoms with Crippen molar-refractivity contribution >= 4 is 5.97 Å². The van der Waals surface area contributed by atoms with E-state index >= 15 is 0 Å². The van der Waals surface area contributed by atoms with Gasteiger partial charge in [-0.15, -0.1) is 0 Å². The van der Waals surface area contributed by atoms with Crippen molar-refractivity contribution in [2.24, 2.45) is 5.73 Å². The zero-order chi connectivity index (χ0) is 13.7. The van der Waals surface area contributed by atoms with Crippen molar-refractivity contribution < 1.29 is 18.7 Å². The van der Waals surface area contributed by atoms with Gasteiger partial charge in [-0.25, -0.2) is 9.18 Å². The van der Waals surface area contributed by atoms with E-state index in [1.807, 2.05) is 0 Å². The van der Waals surface area contributed by atoms with Crippen LogP contribution in [0.1, 0.15) is 32.4 Å². The van der Waals surface area contributed by atoms with E-state index in [9.17, 15) is 9.18 Å². The quantitative estimate of drug-likeness (QED) is 0.819. The molecule has 0 unspecified atom stereocenters. The highest BCUT2D eigenvalue weighted by Crippen LogP contribution is 2.24. The van der Waals surface area contributed by atoms with Crippen LogP contribution in [0.2, 0.25) is 0 Å². The Bertz CT molecular complexity index is 419. The Morgan fingerprint density at radius 1 is 1.39 bits per heavy atom. The molecule has 5 heteroatoms. The largest absolute Gasteiger partial charge is 0.481 e. The molecule has 1 rings (SSSR count). The zero-order valence-corrected chi connectivity index (χ0v) is 10.8. The van der Waals surface area contributed by atoms with Gasteiger partial charge in [0, 0.05) is 17.7 Å². The first-order valence-electron chi connectivity index (χ1n) is 5.77. The van der Waals surface area contributed by atoms with E-state index in [1.165, 1.54) is 12.1 Å². The number of carbonyl (C=O) groups is 1. The lowest BCUT2D eigenvalue weighted by molar-refractivity contribution is -0.149. The first-order valence-corrected chi connectivity index (χ1v) is 5.77. The van der Waals surface area contributed by atoms with Gasteiger partial charge in [0.2, 0.25) is 0 Å². The van der Waals surface area contributed by atoms with Crippen molar-refractivity contribution in [3.05, 3.63) is 29.6 Å². The van der Waals surface area contributed by atoms with E-state index in [-0.39, 0.29) is 24.5 Å². The fourth-order valence-electron chi connectivity index (χ4n) is 1.44. The normalized spacial score (nSPS) is 12.3. The van der Waals surface area contributed by atoms with Crippen LogP contribution < -0.4 is 10.5 Å². The molecule has 1 atom stereocenters. The SMILES string of the molecule is CC(C)OC(=O)COc1cc(F)ccc1[C@H](C)N. The van der Waals surface area contributed by atoms with Crippen LogP contribution in [0, 0.1) is 5.82 Å². The molecule has 0 aromatic heterocycles. The first-order chi connectivity index (χ1) is 8.40. The minimum atomic E-state index is -0.495. The summed E-state index contributed by atoms with van der Waals surface area (Å²) in [7, 11) is 0. The lowest BCUT2D eigenvalue weighted by Gasteiger charge is -2.14. The predicted molar refractivity (Wildman–Crippen MR) is 65.7 cm³/mol. The number of benzene rings is 1. The van der Waals surface area contributed by atoms with Crippen LogP contribution in [0.5, 0.6) is 5.75 Å². The Hall–Kier alpha value is -1.62. The van der Waals surface area contributed by atoms with Crippen LogP contribution in [0.4, 0.5) is 4.39 Å². The molecular formula is C13H18FNO3. The molecule has 0 amide bonds. The van der Waals surface area contributed by atoms with Crippen LogP contribution in [0.15, 0.2) is 18.2 Å². The van der Waals surface area contributed by atoms with Gasteiger partial charge in [-0.1, -0.05) is 6.07 Å². The maximum Gasteiger partial charge on any atom is 0.344 e. The molecule has 0 aliphatic carbocycles. The Morgan fingerprint density at radius 3 is 2.61 bits per heavy atom. The van der Waals surface area contributed by atoms with Crippen LogP contribution in [0.25, 0.3) is 0 Å². The fraction of sp³-hybridized carbons (Fsp3) is 0.462. The maximum atomic E-state index is 13.1. The summed E-state index contributed by atoms with van der Waals surface area (Å²) in [5.41, 5.74) is 6.38. The minimum absolute atomic E-state index is 0.207. The number of ether oxygens (including phenoxy) is 2. The second-order valence-corrected chi connectivity index (χ2v) is 4.30. The highest BCUT2D eigenvalue weighted by Gasteiger charge is 2.12. The Kier molecular flexibility index (Phi) is 5.09. The molecule has 2 N–H and O–H groups in total. The van der Waals surface area contributed by atoms with Crippen molar-refractivity contribution in [2.75, 3.05) is 6.61 Å². The van der Waals surface area contributed by atoms with Crippen molar-refractivity contribution in [2.45, 2.75) is 32.9 Å². The summed E-state index contributed by atoms with van der Waals surface area (Å²) < 4.78 is 23.3. The monoisotopic (exact) mass is 255 g/mol. The molecule has 18 heavy (non-hydrogen) atoms. The highest BCUT2D eigenvalue weighted by molar-refractivity contribution is 5.71. The van der Waals surface area contributed by atoms with E-state index in [4.69, 9.17) is 15.2 Å². The van der Waals surface area contributed by atoms with E-state index in [0.717, 1.165) is 0 Å². The molecule has 0 saturated heterocycles. The summed E-state index contributed by atoms with van der Waals surface area (Å²) in [6.45, 7) is 4.98. The maximum absolute atomic E-state index is 13.1. The minimum Gasteiger partial charge on any atom is -0.481 e. The highest BCUT2D eigenvalue weighted by atomic mass is 19.1. The lowest BCUT2D eigenvalue weighted by Crippen LogP contribution is -2.19. The standard InChI is InChI=1S/C13H18FNO3/c1-8(2)18-13(16)7-17-12-6-10(14)4-5-11(12)9(3)15/h4-6,8-9H,7,15H2,1-3H3/t9-/m0/s1. The molecular weight excluding hydrogens is 237 g/mol. The van der Waals surface area contributed by atoms with Crippen LogP contribution in [-0.2, 0) is 9.53 Å². The van der Waals surface area contributed by atoms with Gasteiger partial charge in [0.05, 0.1) is 6.10 Å². The molecule has 100 valence electrons. The summed E-state index contributed by atoms with van der Waals surface area (Å²) in [6, 6.07) is 3.75. The molecule has 1 aromatic carbocycles. The number of halogens is 1. The number of carbonyl (C=O) groups excluding carboxylic acids is 1. The third-order valence-corrected chi connectivity index (χ3v) is 2.18. The fourth-order valence-corrected chi connectivity index (χ4v) is 1.44. The number of hydrogen-bond donors (Lipinski definition) is 1. The Balaban J connectivity index is 2.71. The summed E-state index contributed by atoms with van der Waals surface area (Å²) >= 11 is 0. The Labute approximate surface area is 106 Å². The van der Waals surface area contributed by atoms with Crippen LogP contribution in [0.3, 0.4) is 0 Å². The van der Waals surface area contributed by atoms with Crippen LogP contribution in [-0.4, -0.2) is 18.7 Å². The van der Waals surface area contributed by atoms with E-state index in [0.29, 0.717) is 5.56 Å². The molecule has 0 bridgehead atoms. The topological polar surface area (TPSA) is 61.5 Å². The van der Waals surface area contributed by atoms with Gasteiger partial charge in [0.25, 0.3) is 0 Å². The third-order valence-electron chi connectivity index (χ3n) is 2.18. The van der Waals surface area contributed by atoms with Crippen molar-refractivity contribution in [3.8, 4) is 5.75 Å². The van der Waals surface area contributed by atoms with E-state index in [2.05, 4.69) is 0 Å². The average molecular weight is 255 g/mol. The molecule has 4 nitrogen and oxygen atoms in total. The molecule has 0 aliphatic rings. The van der Waals surface area contributed by atoms with E-state index < -0.39 is 11.8 Å². The van der Waals surface area contributed by atoms with Crippen molar-refractivity contribution in [1.29, 1.82) is 0 Å². The zero-order valence-electron chi connectivity index (χ0n) is 10.8. The van der Waals surface area contributed by atoms with Gasteiger partial charge in [-0.05, 0) is 26.8 Å². The van der Waals surface area contributed by atoms with Crippen molar-refractivity contribution in [1.82, 2.24) is 0 Å². The number of nitrogens with two attached hydrogens (primary N) is 1. The van der Waals surface area contributed by atoms with Gasteiger partial charge in [0.15, 0.2) is 6.61 Å². The average Bonchev–Trinajstić information content (AvgIpc) is 2.25. The van der Waals surface area contributed by atoms with Gasteiger partial charge < -0.3 is 15.2 Å². The smallest absolute Gasteiger partial charge is 0.344 e. The number of rotatable bonds is 5. The van der Waals surface area contributed by atoms with Gasteiger partial charge in [0.1, 0.15) is 11.6 Å². The number of hydrogen-bond acceptors (Lipinski definition) is 4.